The lowest BCUT2D eigenvalue weighted by Gasteiger charge is -1.97. The first-order valence-corrected chi connectivity index (χ1v) is 4.55. The Hall–Kier alpha value is -1.56. The molecule has 0 amide bonds. The first-order chi connectivity index (χ1) is 6.59. The van der Waals surface area contributed by atoms with Gasteiger partial charge < -0.3 is 10.8 Å². The zero-order chi connectivity index (χ0) is 10.3. The van der Waals surface area contributed by atoms with Gasteiger partial charge in [0, 0.05) is 6.20 Å². The number of imidazole rings is 1. The Morgan fingerprint density at radius 1 is 1.57 bits per heavy atom. The molecule has 2 aromatic heterocycles. The van der Waals surface area contributed by atoms with Gasteiger partial charge in [0.2, 0.25) is 0 Å². The van der Waals surface area contributed by atoms with Crippen LogP contribution in [0.25, 0.3) is 5.65 Å². The molecule has 3 N–H and O–H groups in total. The molecule has 0 aliphatic rings. The Morgan fingerprint density at radius 2 is 2.29 bits per heavy atom. The maximum Gasteiger partial charge on any atom is 0.337 e. The monoisotopic (exact) mass is 255 g/mol. The van der Waals surface area contributed by atoms with E-state index in [2.05, 4.69) is 20.9 Å². The summed E-state index contributed by atoms with van der Waals surface area (Å²) >= 11 is 3.22. The zero-order valence-corrected chi connectivity index (χ0v) is 8.52. The van der Waals surface area contributed by atoms with Crippen molar-refractivity contribution in [2.45, 2.75) is 0 Å². The van der Waals surface area contributed by atoms with Crippen molar-refractivity contribution in [3.63, 3.8) is 0 Å². The van der Waals surface area contributed by atoms with Gasteiger partial charge in [-0.2, -0.15) is 0 Å². The minimum atomic E-state index is -0.980. The Labute approximate surface area is 87.3 Å². The molecule has 0 radical (unpaired) electrons. The smallest absolute Gasteiger partial charge is 0.337 e. The number of anilines is 1. The molecule has 0 atom stereocenters. The van der Waals surface area contributed by atoms with Crippen LogP contribution in [-0.2, 0) is 0 Å². The van der Waals surface area contributed by atoms with E-state index in [1.165, 1.54) is 12.3 Å². The van der Waals surface area contributed by atoms with Crippen LogP contribution in [0.3, 0.4) is 0 Å². The molecule has 2 aromatic rings. The quantitative estimate of drug-likeness (QED) is 0.807. The third-order valence-corrected chi connectivity index (χ3v) is 2.62. The Bertz CT molecular complexity index is 521. The summed E-state index contributed by atoms with van der Waals surface area (Å²) in [7, 11) is 0. The summed E-state index contributed by atoms with van der Waals surface area (Å²) in [6.45, 7) is 0. The third-order valence-electron chi connectivity index (χ3n) is 1.83. The van der Waals surface area contributed by atoms with Crippen LogP contribution in [0.1, 0.15) is 10.4 Å². The van der Waals surface area contributed by atoms with Gasteiger partial charge in [0.05, 0.1) is 5.56 Å². The Balaban J connectivity index is 2.76. The molecule has 6 heteroatoms. The molecule has 0 saturated heterocycles. The number of aromatic carboxylic acids is 1. The van der Waals surface area contributed by atoms with Crippen molar-refractivity contribution in [3.8, 4) is 0 Å². The molecule has 72 valence electrons. The molecule has 0 aromatic carbocycles. The first-order valence-electron chi connectivity index (χ1n) is 3.76. The van der Waals surface area contributed by atoms with Gasteiger partial charge in [-0.15, -0.1) is 0 Å². The predicted molar refractivity (Wildman–Crippen MR) is 54.3 cm³/mol. The summed E-state index contributed by atoms with van der Waals surface area (Å²) in [5, 5.41) is 8.76. The fourth-order valence-corrected chi connectivity index (χ4v) is 1.53. The van der Waals surface area contributed by atoms with Crippen LogP contribution >= 0.6 is 15.9 Å². The number of pyridine rings is 1. The second-order valence-corrected chi connectivity index (χ2v) is 3.49. The van der Waals surface area contributed by atoms with Crippen LogP contribution in [0.15, 0.2) is 22.9 Å². The van der Waals surface area contributed by atoms with Crippen molar-refractivity contribution < 1.29 is 9.90 Å². The Kier molecular flexibility index (Phi) is 1.92. The van der Waals surface area contributed by atoms with E-state index in [1.54, 1.807) is 10.5 Å². The van der Waals surface area contributed by atoms with E-state index in [0.29, 0.717) is 16.1 Å². The fourth-order valence-electron chi connectivity index (χ4n) is 1.16. The van der Waals surface area contributed by atoms with Crippen LogP contribution in [0.5, 0.6) is 0 Å². The average molecular weight is 256 g/mol. The van der Waals surface area contributed by atoms with Crippen molar-refractivity contribution in [2.24, 2.45) is 0 Å². The zero-order valence-electron chi connectivity index (χ0n) is 6.94. The maximum atomic E-state index is 10.7. The lowest BCUT2D eigenvalue weighted by atomic mass is 10.3. The molecule has 14 heavy (non-hydrogen) atoms. The van der Waals surface area contributed by atoms with Gasteiger partial charge in [-0.25, -0.2) is 9.78 Å². The highest BCUT2D eigenvalue weighted by Gasteiger charge is 2.09. The summed E-state index contributed by atoms with van der Waals surface area (Å²) in [4.78, 5) is 14.7. The van der Waals surface area contributed by atoms with Crippen molar-refractivity contribution in [3.05, 3.63) is 28.5 Å². The normalized spacial score (nSPS) is 10.6. The number of fused-ring (bicyclic) bond motifs is 1. The van der Waals surface area contributed by atoms with Crippen molar-refractivity contribution >= 4 is 33.4 Å². The minimum Gasteiger partial charge on any atom is -0.478 e. The van der Waals surface area contributed by atoms with Gasteiger partial charge in [0.25, 0.3) is 0 Å². The number of rotatable bonds is 1. The largest absolute Gasteiger partial charge is 0.478 e. The number of carboxylic acid groups (broad SMARTS) is 1. The van der Waals surface area contributed by atoms with Crippen LogP contribution in [0, 0.1) is 0 Å². The number of carbonyl (C=O) groups is 1. The van der Waals surface area contributed by atoms with Crippen molar-refractivity contribution in [1.82, 2.24) is 9.38 Å². The fraction of sp³-hybridized carbons (Fsp3) is 0. The second-order valence-electron chi connectivity index (χ2n) is 2.74. The first kappa shape index (κ1) is 9.01. The van der Waals surface area contributed by atoms with Gasteiger partial charge in [-0.05, 0) is 28.1 Å². The van der Waals surface area contributed by atoms with Gasteiger partial charge >= 0.3 is 5.97 Å². The standard InChI is InChI=1S/C8H6BrN3O2/c9-6-7(10)11-5-2-1-4(8(13)14)3-12(5)6/h1-3H,10H2,(H,13,14). The summed E-state index contributed by atoms with van der Waals surface area (Å²) in [6, 6.07) is 3.08. The summed E-state index contributed by atoms with van der Waals surface area (Å²) in [6.07, 6.45) is 1.46. The molecule has 0 aliphatic carbocycles. The Morgan fingerprint density at radius 3 is 2.93 bits per heavy atom. The molecule has 0 unspecified atom stereocenters. The molecule has 0 spiro atoms. The topological polar surface area (TPSA) is 80.6 Å². The third kappa shape index (κ3) is 1.24. The highest BCUT2D eigenvalue weighted by atomic mass is 79.9. The van der Waals surface area contributed by atoms with E-state index in [1.807, 2.05) is 0 Å². The summed E-state index contributed by atoms with van der Waals surface area (Å²) < 4.78 is 2.15. The van der Waals surface area contributed by atoms with Crippen molar-refractivity contribution in [2.75, 3.05) is 5.73 Å². The molecule has 5 nitrogen and oxygen atoms in total. The van der Waals surface area contributed by atoms with Gasteiger partial charge in [0.1, 0.15) is 10.3 Å². The number of carboxylic acids is 1. The van der Waals surface area contributed by atoms with E-state index < -0.39 is 5.97 Å². The van der Waals surface area contributed by atoms with Crippen molar-refractivity contribution in [1.29, 1.82) is 0 Å². The molecule has 0 saturated carbocycles. The minimum absolute atomic E-state index is 0.190. The van der Waals surface area contributed by atoms with Gasteiger partial charge in [0.15, 0.2) is 5.82 Å². The summed E-state index contributed by atoms with van der Waals surface area (Å²) in [5.74, 6) is -0.640. The van der Waals surface area contributed by atoms with Crippen LogP contribution in [0.4, 0.5) is 5.82 Å². The predicted octanol–water partition coefficient (Wildman–Crippen LogP) is 1.38. The molecule has 2 heterocycles. The van der Waals surface area contributed by atoms with Gasteiger partial charge in [-0.3, -0.25) is 4.40 Å². The lowest BCUT2D eigenvalue weighted by Crippen LogP contribution is -1.98. The second kappa shape index (κ2) is 2.98. The highest BCUT2D eigenvalue weighted by molar-refractivity contribution is 9.10. The van der Waals surface area contributed by atoms with Gasteiger partial charge in [-0.1, -0.05) is 0 Å². The molecule has 0 aliphatic heterocycles. The molecular weight excluding hydrogens is 250 g/mol. The number of nitrogens with two attached hydrogens (primary N) is 1. The molecular formula is C8H6BrN3O2. The number of hydrogen-bond donors (Lipinski definition) is 2. The lowest BCUT2D eigenvalue weighted by molar-refractivity contribution is 0.0696. The molecule has 0 fully saturated rings. The maximum absolute atomic E-state index is 10.7. The SMILES string of the molecule is Nc1nc2ccc(C(=O)O)cn2c1Br. The average Bonchev–Trinajstić information content (AvgIpc) is 2.43. The summed E-state index contributed by atoms with van der Waals surface area (Å²) in [5.41, 5.74) is 6.35. The number of aromatic nitrogens is 2. The number of nitrogen functional groups attached to an aromatic ring is 1. The number of hydrogen-bond acceptors (Lipinski definition) is 3. The van der Waals surface area contributed by atoms with Crippen LogP contribution < -0.4 is 5.73 Å². The van der Waals surface area contributed by atoms with E-state index >= 15 is 0 Å². The molecule has 2 rings (SSSR count). The van der Waals surface area contributed by atoms with Crippen LogP contribution in [-0.4, -0.2) is 20.5 Å². The van der Waals surface area contributed by atoms with Crippen LogP contribution in [0.2, 0.25) is 0 Å². The van der Waals surface area contributed by atoms with E-state index in [0.717, 1.165) is 0 Å². The van der Waals surface area contributed by atoms with E-state index in [9.17, 15) is 4.79 Å². The van der Waals surface area contributed by atoms with E-state index in [4.69, 9.17) is 10.8 Å². The number of nitrogens with zero attached hydrogens (tertiary/aromatic N) is 2. The number of halogens is 1. The van der Waals surface area contributed by atoms with E-state index in [-0.39, 0.29) is 5.56 Å². The molecule has 0 bridgehead atoms. The highest BCUT2D eigenvalue weighted by Crippen LogP contribution is 2.21.